The monoisotopic (exact) mass is 267 g/mol. The van der Waals surface area contributed by atoms with Gasteiger partial charge in [-0.05, 0) is 42.2 Å². The van der Waals surface area contributed by atoms with Gasteiger partial charge in [-0.15, -0.1) is 11.8 Å². The van der Waals surface area contributed by atoms with Crippen molar-refractivity contribution in [2.24, 2.45) is 5.41 Å². The highest BCUT2D eigenvalue weighted by Crippen LogP contribution is 2.37. The molecule has 1 heterocycles. The molecule has 1 aromatic rings. The lowest BCUT2D eigenvalue weighted by atomic mass is 9.92. The smallest absolute Gasteiger partial charge is 0.137 e. The zero-order chi connectivity index (χ0) is 13.2. The fourth-order valence-electron chi connectivity index (χ4n) is 2.22. The third-order valence-electron chi connectivity index (χ3n) is 3.29. The minimum absolute atomic E-state index is 0.0696. The van der Waals surface area contributed by atoms with E-state index in [1.54, 1.807) is 17.8 Å². The average molecular weight is 267 g/mol. The van der Waals surface area contributed by atoms with Gasteiger partial charge in [0.1, 0.15) is 5.82 Å². The molecule has 1 atom stereocenters. The highest BCUT2D eigenvalue weighted by molar-refractivity contribution is 7.99. The van der Waals surface area contributed by atoms with Gasteiger partial charge in [-0.2, -0.15) is 0 Å². The predicted octanol–water partition coefficient (Wildman–Crippen LogP) is 4.39. The van der Waals surface area contributed by atoms with Gasteiger partial charge in [0.25, 0.3) is 0 Å². The summed E-state index contributed by atoms with van der Waals surface area (Å²) in [5.41, 5.74) is 1.49. The van der Waals surface area contributed by atoms with Crippen molar-refractivity contribution in [3.63, 3.8) is 0 Å². The van der Waals surface area contributed by atoms with Crippen LogP contribution < -0.4 is 5.32 Å². The molecular formula is C15H22FNS. The molecule has 18 heavy (non-hydrogen) atoms. The molecule has 1 unspecified atom stereocenters. The van der Waals surface area contributed by atoms with Crippen molar-refractivity contribution in [3.05, 3.63) is 29.6 Å². The number of benzene rings is 1. The Bertz CT molecular complexity index is 411. The first kappa shape index (κ1) is 13.9. The molecule has 0 spiro atoms. The quantitative estimate of drug-likeness (QED) is 0.871. The molecule has 1 aliphatic rings. The van der Waals surface area contributed by atoms with Crippen molar-refractivity contribution in [1.82, 2.24) is 5.32 Å². The second-order valence-electron chi connectivity index (χ2n) is 6.11. The maximum Gasteiger partial charge on any atom is 0.137 e. The largest absolute Gasteiger partial charge is 0.310 e. The number of nitrogens with one attached hydrogen (secondary N) is 1. The van der Waals surface area contributed by atoms with Crippen LogP contribution >= 0.6 is 11.8 Å². The molecule has 0 saturated heterocycles. The van der Waals surface area contributed by atoms with Crippen LogP contribution in [0.25, 0.3) is 0 Å². The summed E-state index contributed by atoms with van der Waals surface area (Å²) in [4.78, 5) is 0.844. The molecule has 1 aromatic carbocycles. The number of halogens is 1. The van der Waals surface area contributed by atoms with Crippen LogP contribution in [0.3, 0.4) is 0 Å². The fraction of sp³-hybridized carbons (Fsp3) is 0.600. The Morgan fingerprint density at radius 1 is 1.39 bits per heavy atom. The molecule has 1 nitrogen and oxygen atoms in total. The maximum atomic E-state index is 13.7. The molecule has 1 N–H and O–H groups in total. The van der Waals surface area contributed by atoms with E-state index in [1.165, 1.54) is 0 Å². The van der Waals surface area contributed by atoms with Crippen molar-refractivity contribution in [2.75, 3.05) is 12.3 Å². The van der Waals surface area contributed by atoms with E-state index in [-0.39, 0.29) is 5.82 Å². The van der Waals surface area contributed by atoms with E-state index in [1.807, 2.05) is 6.07 Å². The Kier molecular flexibility index (Phi) is 4.33. The summed E-state index contributed by atoms with van der Waals surface area (Å²) in [5.74, 6) is 0.931. The normalized spacial score (nSPS) is 19.7. The molecule has 0 bridgehead atoms. The Morgan fingerprint density at radius 2 is 2.17 bits per heavy atom. The van der Waals surface area contributed by atoms with Gasteiger partial charge < -0.3 is 5.32 Å². The van der Waals surface area contributed by atoms with Crippen LogP contribution in [0, 0.1) is 11.2 Å². The summed E-state index contributed by atoms with van der Waals surface area (Å²) in [5, 5.41) is 3.58. The highest BCUT2D eigenvalue weighted by atomic mass is 32.2. The van der Waals surface area contributed by atoms with Crippen LogP contribution in [0.5, 0.6) is 0 Å². The molecular weight excluding hydrogens is 245 g/mol. The Hall–Kier alpha value is -0.540. The third kappa shape index (κ3) is 3.48. The van der Waals surface area contributed by atoms with E-state index < -0.39 is 0 Å². The first-order valence-electron chi connectivity index (χ1n) is 6.62. The Labute approximate surface area is 114 Å². The molecule has 0 fully saturated rings. The van der Waals surface area contributed by atoms with Gasteiger partial charge in [-0.1, -0.05) is 32.9 Å². The number of fused-ring (bicyclic) bond motifs is 1. The van der Waals surface area contributed by atoms with Crippen LogP contribution in [0.2, 0.25) is 0 Å². The fourth-order valence-corrected chi connectivity index (χ4v) is 3.36. The molecule has 0 aromatic heterocycles. The Balaban J connectivity index is 2.02. The van der Waals surface area contributed by atoms with Crippen LogP contribution in [-0.4, -0.2) is 12.3 Å². The number of thioether (sulfide) groups is 1. The minimum atomic E-state index is -0.0696. The summed E-state index contributed by atoms with van der Waals surface area (Å²) < 4.78 is 13.7. The average Bonchev–Trinajstić information content (AvgIpc) is 2.29. The number of rotatable bonds is 3. The topological polar surface area (TPSA) is 12.0 Å². The maximum absolute atomic E-state index is 13.7. The summed E-state index contributed by atoms with van der Waals surface area (Å²) in [6, 6.07) is 5.75. The van der Waals surface area contributed by atoms with E-state index in [0.29, 0.717) is 11.5 Å². The van der Waals surface area contributed by atoms with Crippen molar-refractivity contribution >= 4 is 11.8 Å². The first-order valence-corrected chi connectivity index (χ1v) is 7.60. The van der Waals surface area contributed by atoms with E-state index in [9.17, 15) is 4.39 Å². The van der Waals surface area contributed by atoms with Gasteiger partial charge >= 0.3 is 0 Å². The lowest BCUT2D eigenvalue weighted by molar-refractivity contribution is 0.351. The van der Waals surface area contributed by atoms with Crippen molar-refractivity contribution < 1.29 is 4.39 Å². The molecule has 0 aliphatic carbocycles. The van der Waals surface area contributed by atoms with Gasteiger partial charge in [0.05, 0.1) is 0 Å². The summed E-state index contributed by atoms with van der Waals surface area (Å²) in [6.45, 7) is 7.74. The van der Waals surface area contributed by atoms with Gasteiger partial charge in [-0.3, -0.25) is 0 Å². The van der Waals surface area contributed by atoms with Crippen LogP contribution in [0.15, 0.2) is 23.1 Å². The zero-order valence-corrected chi connectivity index (χ0v) is 12.2. The molecule has 3 heteroatoms. The summed E-state index contributed by atoms with van der Waals surface area (Å²) >= 11 is 1.64. The van der Waals surface area contributed by atoms with Gasteiger partial charge in [0.15, 0.2) is 0 Å². The standard InChI is InChI=1S/C15H22FNS/c1-15(2,3)8-9-17-13-7-10-18-14-11(13)5-4-6-12(14)16/h4-6,13,17H,7-10H2,1-3H3. The zero-order valence-electron chi connectivity index (χ0n) is 11.4. The second-order valence-corrected chi connectivity index (χ2v) is 7.22. The SMILES string of the molecule is CC(C)(C)CCNC1CCSc2c(F)cccc21. The number of hydrogen-bond acceptors (Lipinski definition) is 2. The van der Waals surface area contributed by atoms with Crippen molar-refractivity contribution in [2.45, 2.75) is 44.6 Å². The number of hydrogen-bond donors (Lipinski definition) is 1. The van der Waals surface area contributed by atoms with Crippen LogP contribution in [0.1, 0.15) is 45.2 Å². The lowest BCUT2D eigenvalue weighted by Gasteiger charge is -2.28. The first-order chi connectivity index (χ1) is 8.47. The van der Waals surface area contributed by atoms with Crippen LogP contribution in [0.4, 0.5) is 4.39 Å². The van der Waals surface area contributed by atoms with E-state index in [4.69, 9.17) is 0 Å². The Morgan fingerprint density at radius 3 is 2.89 bits per heavy atom. The second kappa shape index (κ2) is 5.62. The molecule has 100 valence electrons. The molecule has 0 radical (unpaired) electrons. The molecule has 1 aliphatic heterocycles. The summed E-state index contributed by atoms with van der Waals surface area (Å²) in [6.07, 6.45) is 2.23. The third-order valence-corrected chi connectivity index (χ3v) is 4.45. The van der Waals surface area contributed by atoms with Crippen LogP contribution in [-0.2, 0) is 0 Å². The minimum Gasteiger partial charge on any atom is -0.310 e. The van der Waals surface area contributed by atoms with Crippen molar-refractivity contribution in [3.8, 4) is 0 Å². The molecule has 2 rings (SSSR count). The summed E-state index contributed by atoms with van der Waals surface area (Å²) in [7, 11) is 0. The van der Waals surface area contributed by atoms with E-state index >= 15 is 0 Å². The van der Waals surface area contributed by atoms with Gasteiger partial charge in [-0.25, -0.2) is 4.39 Å². The van der Waals surface area contributed by atoms with Gasteiger partial charge in [0.2, 0.25) is 0 Å². The molecule has 0 amide bonds. The lowest BCUT2D eigenvalue weighted by Crippen LogP contribution is -2.28. The van der Waals surface area contributed by atoms with E-state index in [0.717, 1.165) is 35.6 Å². The van der Waals surface area contributed by atoms with Crippen molar-refractivity contribution in [1.29, 1.82) is 0 Å². The van der Waals surface area contributed by atoms with E-state index in [2.05, 4.69) is 32.2 Å². The predicted molar refractivity (Wildman–Crippen MR) is 76.6 cm³/mol. The highest BCUT2D eigenvalue weighted by Gasteiger charge is 2.23. The molecule has 0 saturated carbocycles. The van der Waals surface area contributed by atoms with Gasteiger partial charge in [0, 0.05) is 10.9 Å².